The highest BCUT2D eigenvalue weighted by atomic mass is 35.5. The number of carbonyl (C=O) groups excluding carboxylic acids is 5. The lowest BCUT2D eigenvalue weighted by molar-refractivity contribution is -0.147. The van der Waals surface area contributed by atoms with Gasteiger partial charge in [-0.1, -0.05) is 32.4 Å². The summed E-state index contributed by atoms with van der Waals surface area (Å²) < 4.78 is 0. The third-order valence-corrected chi connectivity index (χ3v) is 7.23. The van der Waals surface area contributed by atoms with Crippen LogP contribution in [0.2, 0.25) is 5.02 Å². The summed E-state index contributed by atoms with van der Waals surface area (Å²) in [6, 6.07) is 1.10. The van der Waals surface area contributed by atoms with Gasteiger partial charge in [0.2, 0.25) is 17.7 Å². The van der Waals surface area contributed by atoms with Gasteiger partial charge in [-0.15, -0.1) is 0 Å². The molecule has 1 saturated carbocycles. The topological polar surface area (TPSA) is 162 Å². The van der Waals surface area contributed by atoms with Crippen molar-refractivity contribution in [2.75, 3.05) is 5.32 Å². The number of likely N-dealkylation sites (tertiary alicyclic amines) is 1. The van der Waals surface area contributed by atoms with Crippen LogP contribution >= 0.6 is 11.6 Å². The minimum absolute atomic E-state index is 0.0877. The molecule has 2 bridgehead atoms. The molecule has 0 spiro atoms. The number of aliphatic carboxylic acids is 1. The van der Waals surface area contributed by atoms with Gasteiger partial charge in [-0.3, -0.25) is 24.0 Å². The Hall–Kier alpha value is -3.47. The van der Waals surface area contributed by atoms with E-state index < -0.39 is 53.7 Å². The zero-order chi connectivity index (χ0) is 28.4. The van der Waals surface area contributed by atoms with Crippen molar-refractivity contribution >= 4 is 53.2 Å². The van der Waals surface area contributed by atoms with Crippen molar-refractivity contribution in [3.05, 3.63) is 28.8 Å². The second-order valence-electron chi connectivity index (χ2n) is 10.9. The van der Waals surface area contributed by atoms with E-state index in [1.807, 2.05) is 0 Å². The normalized spacial score (nSPS) is 21.8. The molecular weight excluding hydrogens is 516 g/mol. The Kier molecular flexibility index (Phi) is 8.81. The fourth-order valence-electron chi connectivity index (χ4n) is 5.22. The van der Waals surface area contributed by atoms with E-state index in [1.54, 1.807) is 20.8 Å². The predicted molar refractivity (Wildman–Crippen MR) is 138 cm³/mol. The number of piperidine rings is 1. The fraction of sp³-hybridized carbons (Fsp3) is 0.538. The van der Waals surface area contributed by atoms with Crippen molar-refractivity contribution in [1.82, 2.24) is 15.5 Å². The number of fused-ring (bicyclic) bond motifs is 2. The molecule has 1 saturated heterocycles. The van der Waals surface area contributed by atoms with E-state index in [2.05, 4.69) is 16.0 Å². The number of carboxylic acids is 1. The number of aldehydes is 1. The average Bonchev–Trinajstić information content (AvgIpc) is 3.42. The molecule has 4 amide bonds. The summed E-state index contributed by atoms with van der Waals surface area (Å²) in [5.74, 6) is -3.27. The van der Waals surface area contributed by atoms with E-state index in [9.17, 15) is 28.8 Å². The van der Waals surface area contributed by atoms with Crippen molar-refractivity contribution in [3.63, 3.8) is 0 Å². The van der Waals surface area contributed by atoms with Crippen molar-refractivity contribution < 1.29 is 33.9 Å². The molecule has 1 aliphatic carbocycles. The van der Waals surface area contributed by atoms with Crippen LogP contribution in [0.4, 0.5) is 5.69 Å². The average molecular weight is 549 g/mol. The van der Waals surface area contributed by atoms with Gasteiger partial charge in [0.05, 0.1) is 23.0 Å². The van der Waals surface area contributed by atoms with Gasteiger partial charge in [-0.05, 0) is 48.8 Å². The van der Waals surface area contributed by atoms with Crippen LogP contribution in [-0.2, 0) is 24.0 Å². The van der Waals surface area contributed by atoms with E-state index in [1.165, 1.54) is 30.0 Å². The quantitative estimate of drug-likeness (QED) is 0.343. The first-order valence-electron chi connectivity index (χ1n) is 12.4. The van der Waals surface area contributed by atoms with Crippen LogP contribution in [0.25, 0.3) is 0 Å². The summed E-state index contributed by atoms with van der Waals surface area (Å²) in [6.07, 6.45) is 1.83. The van der Waals surface area contributed by atoms with Crippen LogP contribution in [0.5, 0.6) is 0 Å². The van der Waals surface area contributed by atoms with Crippen LogP contribution in [-0.4, -0.2) is 70.1 Å². The van der Waals surface area contributed by atoms with Crippen LogP contribution in [0.1, 0.15) is 63.7 Å². The monoisotopic (exact) mass is 548 g/mol. The van der Waals surface area contributed by atoms with E-state index in [4.69, 9.17) is 16.7 Å². The number of benzene rings is 1. The van der Waals surface area contributed by atoms with E-state index in [-0.39, 0.29) is 28.5 Å². The molecule has 1 aliphatic heterocycles. The summed E-state index contributed by atoms with van der Waals surface area (Å²) in [5.41, 5.74) is -0.212. The van der Waals surface area contributed by atoms with Crippen molar-refractivity contribution in [1.29, 1.82) is 0 Å². The molecule has 3 rings (SSSR count). The maximum absolute atomic E-state index is 13.9. The zero-order valence-corrected chi connectivity index (χ0v) is 22.5. The summed E-state index contributed by atoms with van der Waals surface area (Å²) in [4.78, 5) is 75.5. The first-order valence-corrected chi connectivity index (χ1v) is 12.8. The zero-order valence-electron chi connectivity index (χ0n) is 21.7. The standard InChI is InChI=1S/C26H33ClN4O7/c1-13(33)28-15-6-8-18(19(27)10-15)23(36)30-22(26(2,3)4)25(38)31-17-7-5-14(9-17)21(31)24(37)29-16(12-32)11-20(34)35/h6,8,10,12,14,16-17,21-22H,5,7,9,11H2,1-4H3,(H,28,33)(H,29,37)(H,30,36)(H,34,35). The summed E-state index contributed by atoms with van der Waals surface area (Å²) in [5, 5.41) is 16.9. The number of rotatable bonds is 9. The summed E-state index contributed by atoms with van der Waals surface area (Å²) >= 11 is 6.30. The minimum atomic E-state index is -1.23. The van der Waals surface area contributed by atoms with Gasteiger partial charge in [0, 0.05) is 18.7 Å². The van der Waals surface area contributed by atoms with Gasteiger partial charge in [0.1, 0.15) is 18.4 Å². The highest BCUT2D eigenvalue weighted by molar-refractivity contribution is 6.34. The molecule has 1 heterocycles. The van der Waals surface area contributed by atoms with Crippen LogP contribution in [0.15, 0.2) is 18.2 Å². The molecule has 5 atom stereocenters. The number of amides is 4. The van der Waals surface area contributed by atoms with E-state index in [0.717, 1.165) is 6.42 Å². The molecule has 4 N–H and O–H groups in total. The highest BCUT2D eigenvalue weighted by Gasteiger charge is 2.53. The molecule has 2 aliphatic rings. The van der Waals surface area contributed by atoms with Crippen molar-refractivity contribution in [3.8, 4) is 0 Å². The summed E-state index contributed by atoms with van der Waals surface area (Å²) in [6.45, 7) is 6.71. The number of carbonyl (C=O) groups is 6. The highest BCUT2D eigenvalue weighted by Crippen LogP contribution is 2.43. The van der Waals surface area contributed by atoms with Crippen molar-refractivity contribution in [2.45, 2.75) is 77.5 Å². The molecule has 2 fully saturated rings. The molecule has 0 radical (unpaired) electrons. The second-order valence-corrected chi connectivity index (χ2v) is 11.3. The Morgan fingerprint density at radius 3 is 2.39 bits per heavy atom. The van der Waals surface area contributed by atoms with Gasteiger partial charge in [0.25, 0.3) is 5.91 Å². The van der Waals surface area contributed by atoms with Crippen LogP contribution < -0.4 is 16.0 Å². The van der Waals surface area contributed by atoms with Crippen molar-refractivity contribution in [2.24, 2.45) is 11.3 Å². The molecule has 0 aromatic heterocycles. The molecule has 38 heavy (non-hydrogen) atoms. The Morgan fingerprint density at radius 2 is 1.84 bits per heavy atom. The Bertz CT molecular complexity index is 1150. The maximum atomic E-state index is 13.9. The van der Waals surface area contributed by atoms with E-state index in [0.29, 0.717) is 24.8 Å². The van der Waals surface area contributed by atoms with Crippen LogP contribution in [0.3, 0.4) is 0 Å². The predicted octanol–water partition coefficient (Wildman–Crippen LogP) is 1.98. The largest absolute Gasteiger partial charge is 0.481 e. The minimum Gasteiger partial charge on any atom is -0.481 e. The lowest BCUT2D eigenvalue weighted by atomic mass is 9.84. The third kappa shape index (κ3) is 6.50. The lowest BCUT2D eigenvalue weighted by Gasteiger charge is -2.40. The Balaban J connectivity index is 1.84. The molecule has 206 valence electrons. The maximum Gasteiger partial charge on any atom is 0.305 e. The van der Waals surface area contributed by atoms with Gasteiger partial charge in [-0.2, -0.15) is 0 Å². The number of anilines is 1. The molecule has 11 nitrogen and oxygen atoms in total. The Labute approximate surface area is 225 Å². The lowest BCUT2D eigenvalue weighted by Crippen LogP contribution is -2.61. The van der Waals surface area contributed by atoms with E-state index >= 15 is 0 Å². The van der Waals surface area contributed by atoms with Gasteiger partial charge in [-0.25, -0.2) is 0 Å². The SMILES string of the molecule is CC(=O)Nc1ccc(C(=O)NC(C(=O)N2C3CCC(C3)C2C(=O)NC(C=O)CC(=O)O)C(C)(C)C)c(Cl)c1. The Morgan fingerprint density at radius 1 is 1.16 bits per heavy atom. The molecule has 1 aromatic rings. The molecule has 12 heteroatoms. The number of hydrogen-bond acceptors (Lipinski definition) is 6. The number of halogens is 1. The number of nitrogens with one attached hydrogen (secondary N) is 3. The van der Waals surface area contributed by atoms with Gasteiger partial charge < -0.3 is 30.8 Å². The number of hydrogen-bond donors (Lipinski definition) is 4. The molecule has 1 aromatic carbocycles. The summed E-state index contributed by atoms with van der Waals surface area (Å²) in [7, 11) is 0. The number of nitrogens with zero attached hydrogens (tertiary/aromatic N) is 1. The molecular formula is C26H33ClN4O7. The van der Waals surface area contributed by atoms with Gasteiger partial charge >= 0.3 is 5.97 Å². The molecule has 5 unspecified atom stereocenters. The second kappa shape index (κ2) is 11.5. The first-order chi connectivity index (χ1) is 17.7. The van der Waals surface area contributed by atoms with Gasteiger partial charge in [0.15, 0.2) is 0 Å². The third-order valence-electron chi connectivity index (χ3n) is 6.92. The smallest absolute Gasteiger partial charge is 0.305 e. The first kappa shape index (κ1) is 29.1. The fourth-order valence-corrected chi connectivity index (χ4v) is 5.49. The van der Waals surface area contributed by atoms with Crippen LogP contribution in [0, 0.1) is 11.3 Å². The number of carboxylic acid groups (broad SMARTS) is 1.